The summed E-state index contributed by atoms with van der Waals surface area (Å²) >= 11 is 0. The lowest BCUT2D eigenvalue weighted by Crippen LogP contribution is -2.38. The maximum atomic E-state index is 11.7. The third kappa shape index (κ3) is 3.12. The molecule has 0 radical (unpaired) electrons. The number of rotatable bonds is 4. The van der Waals surface area contributed by atoms with Crippen LogP contribution < -0.4 is 16.0 Å². The minimum atomic E-state index is -0.147. The van der Waals surface area contributed by atoms with Crippen LogP contribution in [0.15, 0.2) is 18.5 Å². The van der Waals surface area contributed by atoms with E-state index < -0.39 is 0 Å². The van der Waals surface area contributed by atoms with Gasteiger partial charge in [-0.1, -0.05) is 13.3 Å². The normalized spacial score (nSPS) is 9.88. The topological polar surface area (TPSA) is 71.2 Å². The maximum Gasteiger partial charge on any atom is 0.321 e. The predicted molar refractivity (Wildman–Crippen MR) is 65.4 cm³/mol. The number of hydrogen-bond donors (Lipinski definition) is 2. The van der Waals surface area contributed by atoms with Gasteiger partial charge >= 0.3 is 6.03 Å². The minimum absolute atomic E-state index is 0.147. The van der Waals surface area contributed by atoms with E-state index in [9.17, 15) is 4.79 Å². The van der Waals surface area contributed by atoms with E-state index in [4.69, 9.17) is 5.73 Å². The van der Waals surface area contributed by atoms with Crippen LogP contribution in [-0.2, 0) is 0 Å². The molecule has 16 heavy (non-hydrogen) atoms. The zero-order chi connectivity index (χ0) is 12.0. The molecule has 2 amide bonds. The Labute approximate surface area is 95.7 Å². The summed E-state index contributed by atoms with van der Waals surface area (Å²) in [4.78, 5) is 17.1. The second kappa shape index (κ2) is 5.95. The minimum Gasteiger partial charge on any atom is -0.396 e. The molecule has 0 atom stereocenters. The van der Waals surface area contributed by atoms with Gasteiger partial charge in [0, 0.05) is 19.8 Å². The molecule has 0 aliphatic rings. The zero-order valence-corrected chi connectivity index (χ0v) is 9.73. The molecule has 1 heterocycles. The number of anilines is 2. The summed E-state index contributed by atoms with van der Waals surface area (Å²) in [5.41, 5.74) is 6.90. The Morgan fingerprint density at radius 3 is 3.00 bits per heavy atom. The van der Waals surface area contributed by atoms with Crippen molar-refractivity contribution in [2.24, 2.45) is 0 Å². The highest BCUT2D eigenvalue weighted by atomic mass is 16.2. The number of carbonyl (C=O) groups is 1. The number of urea groups is 1. The molecule has 0 bridgehead atoms. The summed E-state index contributed by atoms with van der Waals surface area (Å²) < 4.78 is 0. The standard InChI is InChI=1S/C11H18N4O/c1-3-4-6-14-11(16)15(2)10-5-7-13-8-9(10)12/h5,7-8H,3-4,6,12H2,1-2H3,(H,14,16). The van der Waals surface area contributed by atoms with Gasteiger partial charge in [0.05, 0.1) is 17.6 Å². The summed E-state index contributed by atoms with van der Waals surface area (Å²) in [6, 6.07) is 1.57. The monoisotopic (exact) mass is 222 g/mol. The number of aromatic nitrogens is 1. The zero-order valence-electron chi connectivity index (χ0n) is 9.73. The van der Waals surface area contributed by atoms with E-state index in [1.54, 1.807) is 19.3 Å². The molecule has 0 fully saturated rings. The van der Waals surface area contributed by atoms with Crippen LogP contribution in [0, 0.1) is 0 Å². The number of carbonyl (C=O) groups excluding carboxylic acids is 1. The Bertz CT molecular complexity index is 354. The van der Waals surface area contributed by atoms with Crippen molar-refractivity contribution in [2.75, 3.05) is 24.2 Å². The van der Waals surface area contributed by atoms with Crippen LogP contribution in [0.5, 0.6) is 0 Å². The molecule has 0 unspecified atom stereocenters. The Kier molecular flexibility index (Phi) is 4.57. The fourth-order valence-electron chi connectivity index (χ4n) is 1.30. The molecule has 1 aromatic rings. The van der Waals surface area contributed by atoms with Crippen LogP contribution in [0.3, 0.4) is 0 Å². The highest BCUT2D eigenvalue weighted by Gasteiger charge is 2.11. The van der Waals surface area contributed by atoms with Crippen molar-refractivity contribution in [3.05, 3.63) is 18.5 Å². The average Bonchev–Trinajstić information content (AvgIpc) is 2.29. The van der Waals surface area contributed by atoms with Gasteiger partial charge in [0.2, 0.25) is 0 Å². The first-order chi connectivity index (χ1) is 7.66. The number of nitrogens with zero attached hydrogens (tertiary/aromatic N) is 2. The molecule has 0 saturated heterocycles. The van der Waals surface area contributed by atoms with Gasteiger partial charge in [0.1, 0.15) is 0 Å². The third-order valence-corrected chi connectivity index (χ3v) is 2.30. The van der Waals surface area contributed by atoms with Crippen molar-refractivity contribution in [3.63, 3.8) is 0 Å². The Morgan fingerprint density at radius 2 is 2.38 bits per heavy atom. The quantitative estimate of drug-likeness (QED) is 0.760. The van der Waals surface area contributed by atoms with Gasteiger partial charge in [-0.25, -0.2) is 4.79 Å². The van der Waals surface area contributed by atoms with E-state index >= 15 is 0 Å². The molecule has 88 valence electrons. The van der Waals surface area contributed by atoms with Crippen molar-refractivity contribution in [1.29, 1.82) is 0 Å². The first-order valence-corrected chi connectivity index (χ1v) is 5.37. The van der Waals surface area contributed by atoms with Crippen LogP contribution in [-0.4, -0.2) is 24.6 Å². The summed E-state index contributed by atoms with van der Waals surface area (Å²) in [5.74, 6) is 0. The Hall–Kier alpha value is -1.78. The van der Waals surface area contributed by atoms with Crippen LogP contribution >= 0.6 is 0 Å². The molecular weight excluding hydrogens is 204 g/mol. The molecule has 5 heteroatoms. The lowest BCUT2D eigenvalue weighted by atomic mass is 10.3. The maximum absolute atomic E-state index is 11.7. The molecule has 3 N–H and O–H groups in total. The molecule has 1 rings (SSSR count). The lowest BCUT2D eigenvalue weighted by molar-refractivity contribution is 0.247. The van der Waals surface area contributed by atoms with E-state index in [2.05, 4.69) is 17.2 Å². The van der Waals surface area contributed by atoms with E-state index in [1.807, 2.05) is 0 Å². The molecule has 0 spiro atoms. The summed E-state index contributed by atoms with van der Waals surface area (Å²) in [6.45, 7) is 2.77. The lowest BCUT2D eigenvalue weighted by Gasteiger charge is -2.19. The SMILES string of the molecule is CCCCNC(=O)N(C)c1ccncc1N. The van der Waals surface area contributed by atoms with Gasteiger partial charge in [-0.05, 0) is 12.5 Å². The number of nitrogens with one attached hydrogen (secondary N) is 1. The summed E-state index contributed by atoms with van der Waals surface area (Å²) in [6.07, 6.45) is 5.18. The van der Waals surface area contributed by atoms with E-state index in [0.717, 1.165) is 12.8 Å². The molecule has 0 aliphatic carbocycles. The molecule has 0 saturated carbocycles. The van der Waals surface area contributed by atoms with Gasteiger partial charge in [-0.3, -0.25) is 9.88 Å². The van der Waals surface area contributed by atoms with Crippen molar-refractivity contribution in [3.8, 4) is 0 Å². The fourth-order valence-corrected chi connectivity index (χ4v) is 1.30. The first-order valence-electron chi connectivity index (χ1n) is 5.37. The second-order valence-electron chi connectivity index (χ2n) is 3.58. The van der Waals surface area contributed by atoms with Gasteiger partial charge in [0.15, 0.2) is 0 Å². The molecule has 0 aromatic carbocycles. The first kappa shape index (κ1) is 12.3. The number of nitrogen functional groups attached to an aromatic ring is 1. The number of hydrogen-bond acceptors (Lipinski definition) is 3. The molecule has 1 aromatic heterocycles. The van der Waals surface area contributed by atoms with Crippen LogP contribution in [0.1, 0.15) is 19.8 Å². The average molecular weight is 222 g/mol. The second-order valence-corrected chi connectivity index (χ2v) is 3.58. The van der Waals surface area contributed by atoms with Crippen molar-refractivity contribution >= 4 is 17.4 Å². The number of amides is 2. The van der Waals surface area contributed by atoms with Crippen LogP contribution in [0.4, 0.5) is 16.2 Å². The van der Waals surface area contributed by atoms with E-state index in [1.165, 1.54) is 11.1 Å². The fraction of sp³-hybridized carbons (Fsp3) is 0.455. The molecular formula is C11H18N4O. The number of nitrogens with two attached hydrogens (primary N) is 1. The summed E-state index contributed by atoms with van der Waals surface area (Å²) in [5, 5.41) is 2.82. The number of pyridine rings is 1. The van der Waals surface area contributed by atoms with Gasteiger partial charge < -0.3 is 11.1 Å². The predicted octanol–water partition coefficient (Wildman–Crippen LogP) is 1.61. The van der Waals surface area contributed by atoms with Crippen molar-refractivity contribution < 1.29 is 4.79 Å². The van der Waals surface area contributed by atoms with E-state index in [0.29, 0.717) is 17.9 Å². The largest absolute Gasteiger partial charge is 0.396 e. The van der Waals surface area contributed by atoms with Gasteiger partial charge in [-0.2, -0.15) is 0 Å². The Morgan fingerprint density at radius 1 is 1.62 bits per heavy atom. The smallest absolute Gasteiger partial charge is 0.321 e. The van der Waals surface area contributed by atoms with Crippen molar-refractivity contribution in [2.45, 2.75) is 19.8 Å². The van der Waals surface area contributed by atoms with Gasteiger partial charge in [0.25, 0.3) is 0 Å². The Balaban J connectivity index is 2.60. The third-order valence-electron chi connectivity index (χ3n) is 2.30. The highest BCUT2D eigenvalue weighted by molar-refractivity contribution is 5.94. The van der Waals surface area contributed by atoms with Gasteiger partial charge in [-0.15, -0.1) is 0 Å². The van der Waals surface area contributed by atoms with Crippen LogP contribution in [0.2, 0.25) is 0 Å². The van der Waals surface area contributed by atoms with Crippen molar-refractivity contribution in [1.82, 2.24) is 10.3 Å². The molecule has 0 aliphatic heterocycles. The van der Waals surface area contributed by atoms with Crippen LogP contribution in [0.25, 0.3) is 0 Å². The highest BCUT2D eigenvalue weighted by Crippen LogP contribution is 2.19. The number of unbranched alkanes of at least 4 members (excludes halogenated alkanes) is 1. The molecule has 5 nitrogen and oxygen atoms in total. The summed E-state index contributed by atoms with van der Waals surface area (Å²) in [7, 11) is 1.69. The van der Waals surface area contributed by atoms with E-state index in [-0.39, 0.29) is 6.03 Å².